The number of fused-ring (bicyclic) bond motifs is 1. The summed E-state index contributed by atoms with van der Waals surface area (Å²) in [5, 5.41) is 9.88. The monoisotopic (exact) mass is 482 g/mol. The predicted octanol–water partition coefficient (Wildman–Crippen LogP) is 6.16. The van der Waals surface area contributed by atoms with Crippen LogP contribution in [0.5, 0.6) is 0 Å². The molecule has 0 saturated carbocycles. The number of hydrogen-bond acceptors (Lipinski definition) is 3. The van der Waals surface area contributed by atoms with Crippen molar-refractivity contribution in [3.05, 3.63) is 83.8 Å². The standard InChI is InChI=1S/C27H26F4N4/c1-34-25(10-13-33-34)23-8-9-26(22-5-3-2-4-21(22)23)35-14-11-20(12-15-35)32-17-18-6-7-19(28)16-24(18)27(29,30)31/h2-10,13,16,20,32H,11-12,14-15,17H2,1H3. The van der Waals surface area contributed by atoms with Crippen LogP contribution in [0.15, 0.2) is 66.9 Å². The Bertz CT molecular complexity index is 1340. The highest BCUT2D eigenvalue weighted by atomic mass is 19.4. The third kappa shape index (κ3) is 4.75. The van der Waals surface area contributed by atoms with Gasteiger partial charge >= 0.3 is 6.18 Å². The van der Waals surface area contributed by atoms with Crippen LogP contribution in [0.1, 0.15) is 24.0 Å². The summed E-state index contributed by atoms with van der Waals surface area (Å²) < 4.78 is 55.1. The van der Waals surface area contributed by atoms with E-state index in [4.69, 9.17) is 0 Å². The second-order valence-electron chi connectivity index (χ2n) is 8.96. The van der Waals surface area contributed by atoms with Crippen molar-refractivity contribution in [1.29, 1.82) is 0 Å². The molecule has 0 amide bonds. The molecule has 0 radical (unpaired) electrons. The average Bonchev–Trinajstić information content (AvgIpc) is 3.28. The second kappa shape index (κ2) is 9.34. The first kappa shape index (κ1) is 23.4. The van der Waals surface area contributed by atoms with E-state index in [9.17, 15) is 17.6 Å². The van der Waals surface area contributed by atoms with Crippen molar-refractivity contribution < 1.29 is 17.6 Å². The Labute approximate surface area is 201 Å². The zero-order valence-electron chi connectivity index (χ0n) is 19.3. The lowest BCUT2D eigenvalue weighted by Crippen LogP contribution is -2.42. The van der Waals surface area contributed by atoms with Gasteiger partial charge in [0.15, 0.2) is 0 Å². The summed E-state index contributed by atoms with van der Waals surface area (Å²) in [4.78, 5) is 2.34. The zero-order chi connectivity index (χ0) is 24.6. The molecule has 1 N–H and O–H groups in total. The first-order valence-electron chi connectivity index (χ1n) is 11.7. The van der Waals surface area contributed by atoms with E-state index < -0.39 is 17.6 Å². The molecule has 1 saturated heterocycles. The molecule has 3 aromatic carbocycles. The SMILES string of the molecule is Cn1nccc1-c1ccc(N2CCC(NCc3ccc(F)cc3C(F)(F)F)CC2)c2ccccc12. The van der Waals surface area contributed by atoms with Crippen LogP contribution < -0.4 is 10.2 Å². The summed E-state index contributed by atoms with van der Waals surface area (Å²) >= 11 is 0. The van der Waals surface area contributed by atoms with Crippen LogP contribution in [0, 0.1) is 5.82 Å². The molecule has 5 rings (SSSR count). The van der Waals surface area contributed by atoms with Gasteiger partial charge in [0.2, 0.25) is 0 Å². The lowest BCUT2D eigenvalue weighted by atomic mass is 9.97. The third-order valence-corrected chi connectivity index (χ3v) is 6.79. The van der Waals surface area contributed by atoms with Gasteiger partial charge in [0.1, 0.15) is 5.82 Å². The molecule has 1 fully saturated rings. The maximum atomic E-state index is 13.4. The quantitative estimate of drug-likeness (QED) is 0.346. The van der Waals surface area contributed by atoms with Crippen LogP contribution in [-0.4, -0.2) is 28.9 Å². The van der Waals surface area contributed by atoms with Crippen molar-refractivity contribution in [2.24, 2.45) is 7.05 Å². The van der Waals surface area contributed by atoms with Crippen molar-refractivity contribution in [2.45, 2.75) is 31.6 Å². The molecule has 0 atom stereocenters. The molecule has 1 aliphatic heterocycles. The molecule has 0 spiro atoms. The lowest BCUT2D eigenvalue weighted by Gasteiger charge is -2.35. The first-order chi connectivity index (χ1) is 16.8. The highest BCUT2D eigenvalue weighted by Gasteiger charge is 2.34. The number of alkyl halides is 3. The number of benzene rings is 3. The molecule has 182 valence electrons. The number of aromatic nitrogens is 2. The van der Waals surface area contributed by atoms with Gasteiger partial charge in [-0.05, 0) is 48.1 Å². The van der Waals surface area contributed by atoms with Gasteiger partial charge in [-0.25, -0.2) is 4.39 Å². The Morgan fingerprint density at radius 1 is 0.971 bits per heavy atom. The number of nitrogens with zero attached hydrogens (tertiary/aromatic N) is 3. The van der Waals surface area contributed by atoms with Crippen LogP contribution in [-0.2, 0) is 19.8 Å². The van der Waals surface area contributed by atoms with E-state index in [0.717, 1.165) is 54.3 Å². The zero-order valence-corrected chi connectivity index (χ0v) is 19.3. The molecule has 0 unspecified atom stereocenters. The number of aryl methyl sites for hydroxylation is 1. The molecule has 4 nitrogen and oxygen atoms in total. The average molecular weight is 483 g/mol. The fraction of sp³-hybridized carbons (Fsp3) is 0.296. The minimum absolute atomic E-state index is 0.0577. The summed E-state index contributed by atoms with van der Waals surface area (Å²) in [6.45, 7) is 1.65. The predicted molar refractivity (Wildman–Crippen MR) is 130 cm³/mol. The van der Waals surface area contributed by atoms with Gasteiger partial charge in [-0.1, -0.05) is 36.4 Å². The number of rotatable bonds is 5. The maximum absolute atomic E-state index is 13.4. The smallest absolute Gasteiger partial charge is 0.371 e. The van der Waals surface area contributed by atoms with Crippen LogP contribution in [0.25, 0.3) is 22.0 Å². The van der Waals surface area contributed by atoms with E-state index in [-0.39, 0.29) is 18.2 Å². The van der Waals surface area contributed by atoms with Gasteiger partial charge in [0.05, 0.1) is 11.3 Å². The van der Waals surface area contributed by atoms with Crippen LogP contribution in [0.4, 0.5) is 23.2 Å². The Morgan fingerprint density at radius 2 is 1.71 bits per heavy atom. The molecular weight excluding hydrogens is 456 g/mol. The van der Waals surface area contributed by atoms with Gasteiger partial charge in [-0.15, -0.1) is 0 Å². The summed E-state index contributed by atoms with van der Waals surface area (Å²) in [5.41, 5.74) is 2.48. The Hall–Kier alpha value is -3.39. The molecule has 0 aliphatic carbocycles. The highest BCUT2D eigenvalue weighted by molar-refractivity contribution is 6.03. The van der Waals surface area contributed by atoms with E-state index >= 15 is 0 Å². The topological polar surface area (TPSA) is 33.1 Å². The van der Waals surface area contributed by atoms with E-state index in [1.165, 1.54) is 11.5 Å². The molecule has 1 aliphatic rings. The van der Waals surface area contributed by atoms with E-state index in [2.05, 4.69) is 39.6 Å². The number of hydrogen-bond donors (Lipinski definition) is 1. The van der Waals surface area contributed by atoms with Crippen molar-refractivity contribution in [2.75, 3.05) is 18.0 Å². The molecule has 8 heteroatoms. The van der Waals surface area contributed by atoms with E-state index in [1.807, 2.05) is 29.9 Å². The molecule has 35 heavy (non-hydrogen) atoms. The number of nitrogens with one attached hydrogen (secondary N) is 1. The van der Waals surface area contributed by atoms with Crippen molar-refractivity contribution >= 4 is 16.5 Å². The minimum atomic E-state index is -4.58. The van der Waals surface area contributed by atoms with E-state index in [1.54, 1.807) is 6.20 Å². The molecule has 0 bridgehead atoms. The van der Waals surface area contributed by atoms with Gasteiger partial charge in [-0.3, -0.25) is 4.68 Å². The normalized spacial score (nSPS) is 15.2. The molecule has 4 aromatic rings. The fourth-order valence-corrected chi connectivity index (χ4v) is 4.97. The highest BCUT2D eigenvalue weighted by Crippen LogP contribution is 2.36. The van der Waals surface area contributed by atoms with E-state index in [0.29, 0.717) is 6.07 Å². The Balaban J connectivity index is 1.30. The third-order valence-electron chi connectivity index (χ3n) is 6.79. The van der Waals surface area contributed by atoms with Crippen molar-refractivity contribution in [3.63, 3.8) is 0 Å². The van der Waals surface area contributed by atoms with Crippen LogP contribution in [0.2, 0.25) is 0 Å². The lowest BCUT2D eigenvalue weighted by molar-refractivity contribution is -0.138. The summed E-state index contributed by atoms with van der Waals surface area (Å²) in [5.74, 6) is -0.879. The largest absolute Gasteiger partial charge is 0.416 e. The van der Waals surface area contributed by atoms with Gasteiger partial charge in [-0.2, -0.15) is 18.3 Å². The summed E-state index contributed by atoms with van der Waals surface area (Å²) in [6, 6.07) is 17.6. The molecule has 1 aromatic heterocycles. The van der Waals surface area contributed by atoms with Crippen LogP contribution >= 0.6 is 0 Å². The number of anilines is 1. The Morgan fingerprint density at radius 3 is 2.40 bits per heavy atom. The Kier molecular flexibility index (Phi) is 6.23. The van der Waals surface area contributed by atoms with Crippen LogP contribution in [0.3, 0.4) is 0 Å². The maximum Gasteiger partial charge on any atom is 0.416 e. The number of halogens is 4. The fourth-order valence-electron chi connectivity index (χ4n) is 4.97. The summed E-state index contributed by atoms with van der Waals surface area (Å²) in [6.07, 6.45) is -1.18. The van der Waals surface area contributed by atoms with Crippen molar-refractivity contribution in [3.8, 4) is 11.3 Å². The van der Waals surface area contributed by atoms with Crippen molar-refractivity contribution in [1.82, 2.24) is 15.1 Å². The second-order valence-corrected chi connectivity index (χ2v) is 8.96. The minimum Gasteiger partial charge on any atom is -0.371 e. The van der Waals surface area contributed by atoms with Gasteiger partial charge in [0, 0.05) is 55.6 Å². The molecular formula is C27H26F4N4. The first-order valence-corrected chi connectivity index (χ1v) is 11.7. The number of piperidine rings is 1. The van der Waals surface area contributed by atoms with Gasteiger partial charge < -0.3 is 10.2 Å². The van der Waals surface area contributed by atoms with Gasteiger partial charge in [0.25, 0.3) is 0 Å². The summed E-state index contributed by atoms with van der Waals surface area (Å²) in [7, 11) is 1.93. The molecule has 2 heterocycles.